The fourth-order valence-electron chi connectivity index (χ4n) is 2.10. The topological polar surface area (TPSA) is 80.1 Å². The second kappa shape index (κ2) is 4.93. The zero-order valence-electron chi connectivity index (χ0n) is 10.8. The number of benzene rings is 1. The van der Waals surface area contributed by atoms with Gasteiger partial charge in [0.25, 0.3) is 0 Å². The summed E-state index contributed by atoms with van der Waals surface area (Å²) in [5, 5.41) is 7.46. The van der Waals surface area contributed by atoms with Crippen LogP contribution < -0.4 is 5.73 Å². The number of fused-ring (bicyclic) bond motifs is 1. The van der Waals surface area contributed by atoms with E-state index in [0.717, 1.165) is 18.2 Å². The van der Waals surface area contributed by atoms with Gasteiger partial charge in [-0.3, -0.25) is 5.41 Å². The van der Waals surface area contributed by atoms with Gasteiger partial charge in [-0.1, -0.05) is 0 Å². The van der Waals surface area contributed by atoms with Crippen LogP contribution in [0, 0.1) is 17.0 Å². The van der Waals surface area contributed by atoms with Crippen LogP contribution in [-0.2, 0) is 6.42 Å². The summed E-state index contributed by atoms with van der Waals surface area (Å²) in [5.41, 5.74) is 6.82. The molecule has 0 saturated carbocycles. The molecule has 0 spiro atoms. The van der Waals surface area contributed by atoms with Gasteiger partial charge in [-0.05, 0) is 23.8 Å². The van der Waals surface area contributed by atoms with Gasteiger partial charge in [0, 0.05) is 25.0 Å². The molecule has 106 valence electrons. The zero-order chi connectivity index (χ0) is 15.0. The first kappa shape index (κ1) is 13.2. The predicted octanol–water partition coefficient (Wildman–Crippen LogP) is 1.88. The van der Waals surface area contributed by atoms with E-state index in [4.69, 9.17) is 11.1 Å². The molecule has 7 heteroatoms. The van der Waals surface area contributed by atoms with Crippen LogP contribution in [0.3, 0.4) is 0 Å². The summed E-state index contributed by atoms with van der Waals surface area (Å²) in [7, 11) is 0. The van der Waals surface area contributed by atoms with Gasteiger partial charge in [0.2, 0.25) is 0 Å². The van der Waals surface area contributed by atoms with E-state index in [1.807, 2.05) is 0 Å². The second-order valence-electron chi connectivity index (χ2n) is 4.56. The third-order valence-electron chi connectivity index (χ3n) is 3.09. The van der Waals surface area contributed by atoms with Crippen LogP contribution in [0.2, 0.25) is 0 Å². The fraction of sp³-hybridized carbons (Fsp3) is 0.0714. The third-order valence-corrected chi connectivity index (χ3v) is 3.09. The van der Waals surface area contributed by atoms with Crippen LogP contribution in [0.1, 0.15) is 17.0 Å². The monoisotopic (exact) mass is 287 g/mol. The summed E-state index contributed by atoms with van der Waals surface area (Å²) in [5.74, 6) is -1.24. The minimum atomic E-state index is -0.520. The summed E-state index contributed by atoms with van der Waals surface area (Å²) in [6, 6.07) is 3.25. The third kappa shape index (κ3) is 2.45. The highest BCUT2D eigenvalue weighted by molar-refractivity contribution is 5.93. The zero-order valence-corrected chi connectivity index (χ0v) is 10.8. The van der Waals surface area contributed by atoms with Crippen LogP contribution in [0.15, 0.2) is 36.8 Å². The summed E-state index contributed by atoms with van der Waals surface area (Å²) in [6.45, 7) is 0. The first-order chi connectivity index (χ1) is 10.0. The smallest absolute Gasteiger partial charge is 0.158 e. The van der Waals surface area contributed by atoms with Crippen molar-refractivity contribution in [2.24, 2.45) is 5.73 Å². The first-order valence-electron chi connectivity index (χ1n) is 6.15. The number of hydrogen-bond donors (Lipinski definition) is 2. The van der Waals surface area contributed by atoms with E-state index in [1.54, 1.807) is 23.0 Å². The van der Waals surface area contributed by atoms with Crippen molar-refractivity contribution in [3.63, 3.8) is 0 Å². The van der Waals surface area contributed by atoms with Crippen LogP contribution in [0.25, 0.3) is 5.65 Å². The van der Waals surface area contributed by atoms with Crippen LogP contribution >= 0.6 is 0 Å². The van der Waals surface area contributed by atoms with Crippen molar-refractivity contribution in [3.8, 4) is 0 Å². The minimum absolute atomic E-state index is 0.0607. The molecule has 0 aliphatic carbocycles. The molecule has 0 aliphatic rings. The number of nitrogens with zero attached hydrogens (tertiary/aromatic N) is 3. The van der Waals surface area contributed by atoms with Gasteiger partial charge in [-0.2, -0.15) is 0 Å². The van der Waals surface area contributed by atoms with Gasteiger partial charge in [0.15, 0.2) is 5.65 Å². The molecule has 0 aliphatic heterocycles. The Morgan fingerprint density at radius 1 is 1.33 bits per heavy atom. The highest BCUT2D eigenvalue weighted by Gasteiger charge is 2.13. The van der Waals surface area contributed by atoms with E-state index in [2.05, 4.69) is 9.97 Å². The van der Waals surface area contributed by atoms with Crippen LogP contribution in [-0.4, -0.2) is 20.2 Å². The lowest BCUT2D eigenvalue weighted by atomic mass is 10.1. The average Bonchev–Trinajstić information content (AvgIpc) is 2.91. The van der Waals surface area contributed by atoms with Crippen molar-refractivity contribution >= 4 is 11.5 Å². The predicted molar refractivity (Wildman–Crippen MR) is 73.2 cm³/mol. The van der Waals surface area contributed by atoms with Crippen molar-refractivity contribution in [1.82, 2.24) is 14.4 Å². The van der Waals surface area contributed by atoms with Crippen molar-refractivity contribution in [2.75, 3.05) is 0 Å². The summed E-state index contributed by atoms with van der Waals surface area (Å²) in [6.07, 6.45) is 4.86. The number of aromatic nitrogens is 3. The summed E-state index contributed by atoms with van der Waals surface area (Å²) in [4.78, 5) is 8.36. The molecule has 3 N–H and O–H groups in total. The average molecular weight is 287 g/mol. The van der Waals surface area contributed by atoms with Gasteiger partial charge in [0.05, 0.1) is 5.69 Å². The normalized spacial score (nSPS) is 11.0. The van der Waals surface area contributed by atoms with Crippen LogP contribution in [0.4, 0.5) is 8.78 Å². The van der Waals surface area contributed by atoms with Crippen molar-refractivity contribution in [1.29, 1.82) is 5.41 Å². The lowest BCUT2D eigenvalue weighted by Crippen LogP contribution is -2.16. The maximum absolute atomic E-state index is 13.8. The Morgan fingerprint density at radius 2 is 2.14 bits per heavy atom. The number of nitrogens with one attached hydrogen (secondary N) is 1. The molecule has 1 aromatic carbocycles. The number of amidine groups is 1. The van der Waals surface area contributed by atoms with Gasteiger partial charge in [0.1, 0.15) is 23.2 Å². The molecule has 0 radical (unpaired) electrons. The highest BCUT2D eigenvalue weighted by atomic mass is 19.1. The van der Waals surface area contributed by atoms with Gasteiger partial charge >= 0.3 is 0 Å². The Hall–Kier alpha value is -2.83. The number of hydrogen-bond acceptors (Lipinski definition) is 3. The number of nitrogen functional groups attached to an aromatic ring is 1. The molecule has 2 heterocycles. The lowest BCUT2D eigenvalue weighted by Gasteiger charge is -2.07. The summed E-state index contributed by atoms with van der Waals surface area (Å²) < 4.78 is 28.7. The molecule has 0 bridgehead atoms. The second-order valence-corrected chi connectivity index (χ2v) is 4.56. The quantitative estimate of drug-likeness (QED) is 0.570. The van der Waals surface area contributed by atoms with Gasteiger partial charge in [-0.15, -0.1) is 0 Å². The van der Waals surface area contributed by atoms with E-state index in [-0.39, 0.29) is 23.5 Å². The van der Waals surface area contributed by atoms with E-state index >= 15 is 0 Å². The number of halogens is 2. The molecule has 3 aromatic rings. The Morgan fingerprint density at radius 3 is 2.90 bits per heavy atom. The van der Waals surface area contributed by atoms with Crippen molar-refractivity contribution < 1.29 is 8.78 Å². The molecule has 0 saturated heterocycles. The number of nitrogens with two attached hydrogens (primary N) is 1. The van der Waals surface area contributed by atoms with Crippen molar-refractivity contribution in [2.45, 2.75) is 6.42 Å². The van der Waals surface area contributed by atoms with Gasteiger partial charge < -0.3 is 10.1 Å². The maximum Gasteiger partial charge on any atom is 0.158 e. The maximum atomic E-state index is 13.8. The summed E-state index contributed by atoms with van der Waals surface area (Å²) >= 11 is 0. The number of imidazole rings is 1. The molecule has 5 nitrogen and oxygen atoms in total. The van der Waals surface area contributed by atoms with Crippen LogP contribution in [0.5, 0.6) is 0 Å². The Kier molecular flexibility index (Phi) is 3.09. The molecule has 2 aromatic heterocycles. The van der Waals surface area contributed by atoms with E-state index in [1.165, 1.54) is 0 Å². The van der Waals surface area contributed by atoms with Gasteiger partial charge in [-0.25, -0.2) is 18.7 Å². The Balaban J connectivity index is 2.13. The Bertz CT molecular complexity index is 840. The van der Waals surface area contributed by atoms with Crippen molar-refractivity contribution in [3.05, 3.63) is 65.4 Å². The molecule has 21 heavy (non-hydrogen) atoms. The first-order valence-corrected chi connectivity index (χ1v) is 6.15. The van der Waals surface area contributed by atoms with E-state index in [9.17, 15) is 8.78 Å². The molecule has 0 amide bonds. The molecule has 0 fully saturated rings. The number of rotatable bonds is 3. The highest BCUT2D eigenvalue weighted by Crippen LogP contribution is 2.17. The largest absolute Gasteiger partial charge is 0.382 e. The molecule has 3 rings (SSSR count). The minimum Gasteiger partial charge on any atom is -0.382 e. The lowest BCUT2D eigenvalue weighted by molar-refractivity contribution is 0.588. The molecule has 0 atom stereocenters. The Labute approximate surface area is 118 Å². The SMILES string of the molecule is N=C(N)c1cn2ccnc2c(Cc2cc(F)ccc2F)n1. The standard InChI is InChI=1S/C14H11F2N5/c15-9-1-2-10(16)8(5-9)6-11-14-19-3-4-21(14)7-12(20-11)13(17)18/h1-5,7H,6H2,(H3,17,18). The fourth-order valence-corrected chi connectivity index (χ4v) is 2.10. The molecular formula is C14H11F2N5. The molecule has 0 unspecified atom stereocenters. The van der Waals surface area contributed by atoms with E-state index < -0.39 is 11.6 Å². The molecular weight excluding hydrogens is 276 g/mol. The van der Waals surface area contributed by atoms with E-state index in [0.29, 0.717) is 11.3 Å².